The van der Waals surface area contributed by atoms with Crippen molar-refractivity contribution >= 4 is 12.0 Å². The fourth-order valence-corrected chi connectivity index (χ4v) is 1.86. The third-order valence-electron chi connectivity index (χ3n) is 2.65. The van der Waals surface area contributed by atoms with E-state index in [0.717, 1.165) is 43.8 Å². The molecule has 84 valence electrons. The zero-order chi connectivity index (χ0) is 11.2. The van der Waals surface area contributed by atoms with E-state index in [1.54, 1.807) is 6.08 Å². The van der Waals surface area contributed by atoms with Gasteiger partial charge < -0.3 is 9.64 Å². The zero-order valence-electron chi connectivity index (χ0n) is 9.13. The van der Waals surface area contributed by atoms with E-state index in [1.165, 1.54) is 0 Å². The molecule has 1 fully saturated rings. The minimum Gasteiger partial charge on any atom is -0.378 e. The molecule has 1 aromatic carbocycles. The maximum atomic E-state index is 10.7. The Kier molecular flexibility index (Phi) is 3.72. The number of benzene rings is 1. The van der Waals surface area contributed by atoms with Crippen LogP contribution in [0.2, 0.25) is 0 Å². The van der Waals surface area contributed by atoms with Gasteiger partial charge in [-0.1, -0.05) is 30.3 Å². The molecule has 1 aliphatic rings. The van der Waals surface area contributed by atoms with E-state index >= 15 is 0 Å². The van der Waals surface area contributed by atoms with Gasteiger partial charge in [0.25, 0.3) is 0 Å². The van der Waals surface area contributed by atoms with Crippen molar-refractivity contribution in [1.82, 2.24) is 4.90 Å². The molecule has 0 radical (unpaired) electrons. The molecule has 3 heteroatoms. The van der Waals surface area contributed by atoms with Gasteiger partial charge >= 0.3 is 0 Å². The van der Waals surface area contributed by atoms with Gasteiger partial charge in [0.05, 0.1) is 13.2 Å². The molecule has 0 saturated carbocycles. The van der Waals surface area contributed by atoms with Crippen LogP contribution in [0.1, 0.15) is 5.56 Å². The van der Waals surface area contributed by atoms with E-state index in [1.807, 2.05) is 30.3 Å². The van der Waals surface area contributed by atoms with Crippen LogP contribution in [0, 0.1) is 0 Å². The minimum absolute atomic E-state index is 0.725. The predicted molar refractivity (Wildman–Crippen MR) is 62.9 cm³/mol. The van der Waals surface area contributed by atoms with Gasteiger partial charge in [-0.05, 0) is 5.56 Å². The fraction of sp³-hybridized carbons (Fsp3) is 0.308. The normalized spacial score (nSPS) is 17.2. The van der Waals surface area contributed by atoms with E-state index in [4.69, 9.17) is 4.74 Å². The lowest BCUT2D eigenvalue weighted by atomic mass is 10.1. The SMILES string of the molecule is O=C/C=C(\c1ccccc1)N1CCOCC1. The summed E-state index contributed by atoms with van der Waals surface area (Å²) in [5.41, 5.74) is 2.07. The highest BCUT2D eigenvalue weighted by Crippen LogP contribution is 2.19. The second-order valence-electron chi connectivity index (χ2n) is 3.65. The Balaban J connectivity index is 2.23. The topological polar surface area (TPSA) is 29.5 Å². The monoisotopic (exact) mass is 217 g/mol. The molecule has 0 aromatic heterocycles. The van der Waals surface area contributed by atoms with Gasteiger partial charge in [-0.2, -0.15) is 0 Å². The fourth-order valence-electron chi connectivity index (χ4n) is 1.86. The van der Waals surface area contributed by atoms with Gasteiger partial charge in [0.2, 0.25) is 0 Å². The molecule has 0 bridgehead atoms. The maximum Gasteiger partial charge on any atom is 0.144 e. The summed E-state index contributed by atoms with van der Waals surface area (Å²) < 4.78 is 5.31. The largest absolute Gasteiger partial charge is 0.378 e. The van der Waals surface area contributed by atoms with Crippen molar-refractivity contribution in [1.29, 1.82) is 0 Å². The number of ether oxygens (including phenoxy) is 1. The van der Waals surface area contributed by atoms with Gasteiger partial charge in [-0.25, -0.2) is 0 Å². The zero-order valence-corrected chi connectivity index (χ0v) is 9.13. The van der Waals surface area contributed by atoms with Crippen molar-refractivity contribution in [2.24, 2.45) is 0 Å². The predicted octanol–water partition coefficient (Wildman–Crippen LogP) is 1.56. The molecule has 0 N–H and O–H groups in total. The Morgan fingerprint density at radius 1 is 1.19 bits per heavy atom. The van der Waals surface area contributed by atoms with Crippen LogP contribution < -0.4 is 0 Å². The first-order chi connectivity index (χ1) is 7.92. The summed E-state index contributed by atoms with van der Waals surface area (Å²) in [6, 6.07) is 9.97. The molecule has 3 nitrogen and oxygen atoms in total. The number of aldehydes is 1. The smallest absolute Gasteiger partial charge is 0.144 e. The number of carbonyl (C=O) groups is 1. The molecule has 1 heterocycles. The van der Waals surface area contributed by atoms with Crippen molar-refractivity contribution in [3.63, 3.8) is 0 Å². The summed E-state index contributed by atoms with van der Waals surface area (Å²) in [4.78, 5) is 12.9. The number of rotatable bonds is 3. The van der Waals surface area contributed by atoms with E-state index in [2.05, 4.69) is 4.90 Å². The number of morpholine rings is 1. The van der Waals surface area contributed by atoms with E-state index < -0.39 is 0 Å². The number of hydrogen-bond acceptors (Lipinski definition) is 3. The third kappa shape index (κ3) is 2.49. The van der Waals surface area contributed by atoms with Crippen LogP contribution in [-0.4, -0.2) is 37.5 Å². The lowest BCUT2D eigenvalue weighted by molar-refractivity contribution is -0.104. The summed E-state index contributed by atoms with van der Waals surface area (Å²) in [5, 5.41) is 0. The molecule has 0 atom stereocenters. The molecule has 0 aliphatic carbocycles. The Morgan fingerprint density at radius 2 is 1.88 bits per heavy atom. The first kappa shape index (κ1) is 10.9. The van der Waals surface area contributed by atoms with Crippen molar-refractivity contribution in [3.8, 4) is 0 Å². The molecule has 1 aromatic rings. The van der Waals surface area contributed by atoms with Gasteiger partial charge in [0.15, 0.2) is 0 Å². The van der Waals surface area contributed by atoms with Gasteiger partial charge in [-0.15, -0.1) is 0 Å². The first-order valence-electron chi connectivity index (χ1n) is 5.45. The van der Waals surface area contributed by atoms with E-state index in [0.29, 0.717) is 0 Å². The van der Waals surface area contributed by atoms with Crippen LogP contribution in [0.15, 0.2) is 36.4 Å². The van der Waals surface area contributed by atoms with E-state index in [-0.39, 0.29) is 0 Å². The highest BCUT2D eigenvalue weighted by Gasteiger charge is 2.14. The molecule has 2 rings (SSSR count). The van der Waals surface area contributed by atoms with Crippen molar-refractivity contribution < 1.29 is 9.53 Å². The second kappa shape index (κ2) is 5.47. The summed E-state index contributed by atoms with van der Waals surface area (Å²) >= 11 is 0. The Morgan fingerprint density at radius 3 is 2.50 bits per heavy atom. The van der Waals surface area contributed by atoms with Gasteiger partial charge in [0.1, 0.15) is 6.29 Å². The average Bonchev–Trinajstić information content (AvgIpc) is 2.38. The molecule has 1 saturated heterocycles. The molecule has 0 unspecified atom stereocenters. The summed E-state index contributed by atoms with van der Waals surface area (Å²) in [7, 11) is 0. The highest BCUT2D eigenvalue weighted by atomic mass is 16.5. The molecular weight excluding hydrogens is 202 g/mol. The quantitative estimate of drug-likeness (QED) is 0.568. The van der Waals surface area contributed by atoms with Crippen LogP contribution in [0.4, 0.5) is 0 Å². The minimum atomic E-state index is 0.725. The number of nitrogens with zero attached hydrogens (tertiary/aromatic N) is 1. The van der Waals surface area contributed by atoms with Crippen LogP contribution >= 0.6 is 0 Å². The summed E-state index contributed by atoms with van der Waals surface area (Å²) in [5.74, 6) is 0. The Bertz CT molecular complexity index is 367. The summed E-state index contributed by atoms with van der Waals surface area (Å²) in [6.45, 7) is 3.13. The van der Waals surface area contributed by atoms with E-state index in [9.17, 15) is 4.79 Å². The molecule has 1 aliphatic heterocycles. The highest BCUT2D eigenvalue weighted by molar-refractivity contribution is 5.80. The lowest BCUT2D eigenvalue weighted by Gasteiger charge is -2.31. The maximum absolute atomic E-state index is 10.7. The summed E-state index contributed by atoms with van der Waals surface area (Å²) in [6.07, 6.45) is 2.47. The lowest BCUT2D eigenvalue weighted by Crippen LogP contribution is -2.35. The number of carbonyl (C=O) groups excluding carboxylic acids is 1. The third-order valence-corrected chi connectivity index (χ3v) is 2.65. The second-order valence-corrected chi connectivity index (χ2v) is 3.65. The van der Waals surface area contributed by atoms with Crippen LogP contribution in [-0.2, 0) is 9.53 Å². The van der Waals surface area contributed by atoms with Crippen LogP contribution in [0.3, 0.4) is 0 Å². The Labute approximate surface area is 95.3 Å². The number of allylic oxidation sites excluding steroid dienone is 1. The standard InChI is InChI=1S/C13H15NO2/c15-9-6-13(12-4-2-1-3-5-12)14-7-10-16-11-8-14/h1-6,9H,7-8,10-11H2/b13-6+. The van der Waals surface area contributed by atoms with Crippen molar-refractivity contribution in [2.75, 3.05) is 26.3 Å². The molecule has 0 amide bonds. The van der Waals surface area contributed by atoms with Gasteiger partial charge in [-0.3, -0.25) is 4.79 Å². The van der Waals surface area contributed by atoms with Crippen molar-refractivity contribution in [2.45, 2.75) is 0 Å². The van der Waals surface area contributed by atoms with Crippen molar-refractivity contribution in [3.05, 3.63) is 42.0 Å². The molecular formula is C13H15NO2. The Hall–Kier alpha value is -1.61. The first-order valence-corrected chi connectivity index (χ1v) is 5.45. The van der Waals surface area contributed by atoms with Gasteiger partial charge in [0, 0.05) is 24.9 Å². The molecule has 16 heavy (non-hydrogen) atoms. The molecule has 0 spiro atoms. The van der Waals surface area contributed by atoms with Crippen LogP contribution in [0.5, 0.6) is 0 Å². The number of hydrogen-bond donors (Lipinski definition) is 0. The average molecular weight is 217 g/mol. The van der Waals surface area contributed by atoms with Crippen LogP contribution in [0.25, 0.3) is 5.70 Å².